The maximum Gasteiger partial charge on any atom is 0.308 e. The molecule has 3 saturated carbocycles. The van der Waals surface area contributed by atoms with Gasteiger partial charge >= 0.3 is 5.97 Å². The lowest BCUT2D eigenvalue weighted by Gasteiger charge is -2.47. The number of rotatable bonds is 4. The van der Waals surface area contributed by atoms with Crippen molar-refractivity contribution in [2.45, 2.75) is 38.6 Å². The Bertz CT molecular complexity index is 1440. The lowest BCUT2D eigenvalue weighted by atomic mass is 9.61. The predicted octanol–water partition coefficient (Wildman–Crippen LogP) is 5.67. The molecule has 2 bridgehead atoms. The van der Waals surface area contributed by atoms with Gasteiger partial charge in [-0.05, 0) is 68.2 Å². The number of aliphatic carboxylic acids is 1. The second-order valence-electron chi connectivity index (χ2n) is 9.64. The second-order valence-corrected chi connectivity index (χ2v) is 9.64. The number of carboxylic acid groups (broad SMARTS) is 1. The normalized spacial score (nSPS) is 24.1. The van der Waals surface area contributed by atoms with E-state index in [1.165, 1.54) is 6.07 Å². The molecule has 2 aromatic heterocycles. The Labute approximate surface area is 194 Å². The predicted molar refractivity (Wildman–Crippen MR) is 125 cm³/mol. The molecule has 4 aromatic rings. The number of H-pyrrole nitrogens is 1. The minimum atomic E-state index is -0.774. The van der Waals surface area contributed by atoms with Crippen LogP contribution in [0.1, 0.15) is 31.2 Å². The van der Waals surface area contributed by atoms with Crippen LogP contribution in [-0.4, -0.2) is 32.1 Å². The number of hydrogen-bond donors (Lipinski definition) is 3. The van der Waals surface area contributed by atoms with E-state index >= 15 is 0 Å². The van der Waals surface area contributed by atoms with Crippen molar-refractivity contribution in [1.29, 1.82) is 0 Å². The summed E-state index contributed by atoms with van der Waals surface area (Å²) in [7, 11) is 0. The Morgan fingerprint density at radius 1 is 1.06 bits per heavy atom. The average molecular weight is 463 g/mol. The molecule has 3 aliphatic carbocycles. The van der Waals surface area contributed by atoms with Gasteiger partial charge in [0.15, 0.2) is 5.82 Å². The highest BCUT2D eigenvalue weighted by Crippen LogP contribution is 2.46. The van der Waals surface area contributed by atoms with E-state index in [9.17, 15) is 18.7 Å². The van der Waals surface area contributed by atoms with Gasteiger partial charge in [-0.15, -0.1) is 0 Å². The SMILES string of the molecule is Cc1ccc2c(NC3C4CCC(CC4)C3C(=O)O)nc(-c3c[nH]c4c(F)cc(F)cc34)nc2c1. The molecule has 3 aliphatic rings. The van der Waals surface area contributed by atoms with Gasteiger partial charge in [-0.25, -0.2) is 18.7 Å². The average Bonchev–Trinajstić information content (AvgIpc) is 3.23. The van der Waals surface area contributed by atoms with E-state index < -0.39 is 23.5 Å². The molecule has 0 amide bonds. The third-order valence-electron chi connectivity index (χ3n) is 7.61. The van der Waals surface area contributed by atoms with E-state index in [2.05, 4.69) is 10.3 Å². The summed E-state index contributed by atoms with van der Waals surface area (Å²) in [4.78, 5) is 24.5. The Kier molecular flexibility index (Phi) is 4.79. The molecule has 2 aromatic carbocycles. The van der Waals surface area contributed by atoms with Gasteiger partial charge in [-0.1, -0.05) is 6.07 Å². The molecule has 8 heteroatoms. The van der Waals surface area contributed by atoms with Crippen LogP contribution in [0.15, 0.2) is 36.5 Å². The number of carboxylic acids is 1. The molecule has 0 saturated heterocycles. The van der Waals surface area contributed by atoms with E-state index in [1.807, 2.05) is 25.1 Å². The monoisotopic (exact) mass is 462 g/mol. The Morgan fingerprint density at radius 3 is 2.59 bits per heavy atom. The fraction of sp³-hybridized carbons (Fsp3) is 0.346. The van der Waals surface area contributed by atoms with Gasteiger partial charge in [0.2, 0.25) is 0 Å². The van der Waals surface area contributed by atoms with E-state index in [-0.39, 0.29) is 23.4 Å². The maximum absolute atomic E-state index is 14.3. The molecule has 2 heterocycles. The third kappa shape index (κ3) is 3.31. The van der Waals surface area contributed by atoms with Gasteiger partial charge < -0.3 is 15.4 Å². The van der Waals surface area contributed by atoms with Crippen LogP contribution in [0, 0.1) is 36.3 Å². The fourth-order valence-corrected chi connectivity index (χ4v) is 5.98. The van der Waals surface area contributed by atoms with Gasteiger partial charge in [-0.2, -0.15) is 0 Å². The van der Waals surface area contributed by atoms with Crippen molar-refractivity contribution in [3.8, 4) is 11.4 Å². The molecule has 0 radical (unpaired) electrons. The third-order valence-corrected chi connectivity index (χ3v) is 7.61. The van der Waals surface area contributed by atoms with E-state index in [0.717, 1.165) is 42.7 Å². The highest BCUT2D eigenvalue weighted by atomic mass is 19.1. The smallest absolute Gasteiger partial charge is 0.308 e. The minimum Gasteiger partial charge on any atom is -0.481 e. The lowest BCUT2D eigenvalue weighted by Crippen LogP contribution is -2.51. The number of nitrogens with one attached hydrogen (secondary N) is 2. The first-order chi connectivity index (χ1) is 16.4. The molecule has 34 heavy (non-hydrogen) atoms. The molecule has 0 spiro atoms. The highest BCUT2D eigenvalue weighted by molar-refractivity contribution is 5.97. The largest absolute Gasteiger partial charge is 0.481 e. The first kappa shape index (κ1) is 21.0. The van der Waals surface area contributed by atoms with Crippen molar-refractivity contribution < 1.29 is 18.7 Å². The molecular formula is C26H24F2N4O2. The van der Waals surface area contributed by atoms with E-state index in [0.29, 0.717) is 28.1 Å². The molecular weight excluding hydrogens is 438 g/mol. The zero-order valence-corrected chi connectivity index (χ0v) is 18.6. The van der Waals surface area contributed by atoms with Crippen molar-refractivity contribution in [2.24, 2.45) is 17.8 Å². The van der Waals surface area contributed by atoms with Gasteiger partial charge in [0.05, 0.1) is 17.0 Å². The number of benzene rings is 2. The van der Waals surface area contributed by atoms with Crippen LogP contribution >= 0.6 is 0 Å². The minimum absolute atomic E-state index is 0.161. The first-order valence-corrected chi connectivity index (χ1v) is 11.6. The quantitative estimate of drug-likeness (QED) is 0.364. The summed E-state index contributed by atoms with van der Waals surface area (Å²) in [5.74, 6) is -1.30. The number of carbonyl (C=O) groups is 1. The van der Waals surface area contributed by atoms with E-state index in [1.54, 1.807) is 6.20 Å². The Morgan fingerprint density at radius 2 is 1.82 bits per heavy atom. The summed E-state index contributed by atoms with van der Waals surface area (Å²) in [6.45, 7) is 1.96. The van der Waals surface area contributed by atoms with Crippen molar-refractivity contribution >= 4 is 33.6 Å². The number of fused-ring (bicyclic) bond motifs is 5. The zero-order chi connectivity index (χ0) is 23.6. The first-order valence-electron chi connectivity index (χ1n) is 11.6. The van der Waals surface area contributed by atoms with Crippen LogP contribution in [0.2, 0.25) is 0 Å². The molecule has 0 aliphatic heterocycles. The van der Waals surface area contributed by atoms with Crippen LogP contribution in [-0.2, 0) is 4.79 Å². The molecule has 174 valence electrons. The maximum atomic E-state index is 14.3. The molecule has 2 unspecified atom stereocenters. The fourth-order valence-electron chi connectivity index (χ4n) is 5.98. The molecule has 3 N–H and O–H groups in total. The molecule has 7 rings (SSSR count). The van der Waals surface area contributed by atoms with Gasteiger partial charge in [0.1, 0.15) is 17.5 Å². The second kappa shape index (κ2) is 7.75. The van der Waals surface area contributed by atoms with Crippen LogP contribution in [0.3, 0.4) is 0 Å². The highest BCUT2D eigenvalue weighted by Gasteiger charge is 2.47. The van der Waals surface area contributed by atoms with Crippen molar-refractivity contribution in [1.82, 2.24) is 15.0 Å². The van der Waals surface area contributed by atoms with Crippen LogP contribution in [0.4, 0.5) is 14.6 Å². The molecule has 2 atom stereocenters. The molecule has 3 fully saturated rings. The Hall–Kier alpha value is -3.55. The van der Waals surface area contributed by atoms with Crippen molar-refractivity contribution in [2.75, 3.05) is 5.32 Å². The van der Waals surface area contributed by atoms with Gasteiger partial charge in [0.25, 0.3) is 0 Å². The number of anilines is 1. The zero-order valence-electron chi connectivity index (χ0n) is 18.6. The summed E-state index contributed by atoms with van der Waals surface area (Å²) in [5.41, 5.74) is 2.38. The van der Waals surface area contributed by atoms with Gasteiger partial charge in [0, 0.05) is 34.6 Å². The Balaban J connectivity index is 1.51. The number of aromatic amines is 1. The van der Waals surface area contributed by atoms with Crippen molar-refractivity contribution in [3.63, 3.8) is 0 Å². The summed E-state index contributed by atoms with van der Waals surface area (Å²) in [6, 6.07) is 7.71. The van der Waals surface area contributed by atoms with Crippen LogP contribution < -0.4 is 5.32 Å². The van der Waals surface area contributed by atoms with Gasteiger partial charge in [-0.3, -0.25) is 4.79 Å². The van der Waals surface area contributed by atoms with Crippen molar-refractivity contribution in [3.05, 3.63) is 53.7 Å². The summed E-state index contributed by atoms with van der Waals surface area (Å²) < 4.78 is 28.3. The lowest BCUT2D eigenvalue weighted by molar-refractivity contribution is -0.148. The number of halogens is 2. The number of aryl methyl sites for hydroxylation is 1. The summed E-state index contributed by atoms with van der Waals surface area (Å²) in [6.07, 6.45) is 5.48. The van der Waals surface area contributed by atoms with Crippen LogP contribution in [0.5, 0.6) is 0 Å². The number of aromatic nitrogens is 3. The number of hydrogen-bond acceptors (Lipinski definition) is 4. The summed E-state index contributed by atoms with van der Waals surface area (Å²) in [5, 5.41) is 14.6. The number of nitrogens with zero attached hydrogens (tertiary/aromatic N) is 2. The topological polar surface area (TPSA) is 90.9 Å². The molecule has 6 nitrogen and oxygen atoms in total. The van der Waals surface area contributed by atoms with Crippen LogP contribution in [0.25, 0.3) is 33.2 Å². The standard InChI is InChI=1S/C26H24F2N4O2/c1-12-2-7-16-20(8-12)30-25(18-11-29-23-17(18)9-15(27)10-19(23)28)32-24(16)31-22-14-5-3-13(4-6-14)21(22)26(33)34/h2,7-11,13-14,21-22,29H,3-6H2,1H3,(H,33,34)(H,30,31,32). The van der Waals surface area contributed by atoms with E-state index in [4.69, 9.17) is 9.97 Å². The summed E-state index contributed by atoms with van der Waals surface area (Å²) >= 11 is 0.